The number of rotatable bonds is 8. The molecule has 18 heavy (non-hydrogen) atoms. The smallest absolute Gasteiger partial charge is 0.328 e. The standard InChI is InChI=1S/C15H26O2.H3N/c1-12(2)7-5-8-13(3)9-6-10-14(4)11-15(16)17;/h6,10-13H,5,7-9H2,1-4H3,(H,16,17);1H3/p+1/b10-6+,14-11+;/t13-;/m1./s1. The molecule has 0 aliphatic heterocycles. The van der Waals surface area contributed by atoms with Crippen LogP contribution in [0.4, 0.5) is 0 Å². The summed E-state index contributed by atoms with van der Waals surface area (Å²) in [5.74, 6) is 0.596. The van der Waals surface area contributed by atoms with Crippen molar-refractivity contribution in [2.75, 3.05) is 0 Å². The number of carboxylic acids is 1. The lowest BCUT2D eigenvalue weighted by Gasteiger charge is -2.09. The molecule has 3 nitrogen and oxygen atoms in total. The molecule has 3 heteroatoms. The van der Waals surface area contributed by atoms with E-state index < -0.39 is 5.97 Å². The largest absolute Gasteiger partial charge is 0.478 e. The van der Waals surface area contributed by atoms with Crippen LogP contribution in [-0.4, -0.2) is 11.1 Å². The van der Waals surface area contributed by atoms with Crippen molar-refractivity contribution in [3.63, 3.8) is 0 Å². The van der Waals surface area contributed by atoms with Gasteiger partial charge in [-0.25, -0.2) is 4.79 Å². The van der Waals surface area contributed by atoms with E-state index in [4.69, 9.17) is 5.11 Å². The lowest BCUT2D eigenvalue weighted by Crippen LogP contribution is -1.95. The molecule has 0 amide bonds. The van der Waals surface area contributed by atoms with Gasteiger partial charge < -0.3 is 11.3 Å². The molecule has 0 spiro atoms. The molecule has 0 aromatic rings. The SMILES string of the molecule is CC(/C=C/C[C@H](C)CCCC(C)C)=C\C(=O)O.[NH4+]. The minimum Gasteiger partial charge on any atom is -0.478 e. The average molecular weight is 256 g/mol. The molecule has 0 heterocycles. The summed E-state index contributed by atoms with van der Waals surface area (Å²) in [6, 6.07) is 0. The van der Waals surface area contributed by atoms with Crippen molar-refractivity contribution in [2.45, 2.75) is 53.4 Å². The first kappa shape index (κ1) is 19.3. The van der Waals surface area contributed by atoms with Gasteiger partial charge in [-0.2, -0.15) is 0 Å². The Balaban J connectivity index is 0. The molecule has 1 atom stereocenters. The molecule has 106 valence electrons. The Bertz CT molecular complexity index is 280. The maximum absolute atomic E-state index is 10.4. The van der Waals surface area contributed by atoms with Crippen molar-refractivity contribution in [3.8, 4) is 0 Å². The van der Waals surface area contributed by atoms with Gasteiger partial charge >= 0.3 is 5.97 Å². The zero-order valence-electron chi connectivity index (χ0n) is 12.6. The Morgan fingerprint density at radius 1 is 1.22 bits per heavy atom. The Kier molecular flexibility index (Phi) is 11.8. The fraction of sp³-hybridized carbons (Fsp3) is 0.667. The third-order valence-corrected chi connectivity index (χ3v) is 2.75. The van der Waals surface area contributed by atoms with Gasteiger partial charge in [0.25, 0.3) is 0 Å². The minimum atomic E-state index is -0.878. The molecular formula is C15H30NO2+. The van der Waals surface area contributed by atoms with Gasteiger partial charge in [-0.15, -0.1) is 0 Å². The zero-order valence-corrected chi connectivity index (χ0v) is 12.6. The first-order valence-electron chi connectivity index (χ1n) is 6.49. The van der Waals surface area contributed by atoms with Crippen LogP contribution >= 0.6 is 0 Å². The third kappa shape index (κ3) is 13.0. The average Bonchev–Trinajstić information content (AvgIpc) is 2.15. The van der Waals surface area contributed by atoms with Crippen LogP contribution in [0.2, 0.25) is 0 Å². The molecule has 0 aromatic heterocycles. The van der Waals surface area contributed by atoms with Crippen molar-refractivity contribution in [3.05, 3.63) is 23.8 Å². The van der Waals surface area contributed by atoms with E-state index in [1.165, 1.54) is 25.3 Å². The van der Waals surface area contributed by atoms with Gasteiger partial charge in [-0.05, 0) is 30.8 Å². The van der Waals surface area contributed by atoms with Crippen molar-refractivity contribution in [2.24, 2.45) is 11.8 Å². The number of allylic oxidation sites excluding steroid dienone is 3. The van der Waals surface area contributed by atoms with E-state index in [9.17, 15) is 4.79 Å². The summed E-state index contributed by atoms with van der Waals surface area (Å²) >= 11 is 0. The highest BCUT2D eigenvalue weighted by atomic mass is 16.4. The maximum atomic E-state index is 10.4. The van der Waals surface area contributed by atoms with E-state index >= 15 is 0 Å². The quantitative estimate of drug-likeness (QED) is 0.483. The van der Waals surface area contributed by atoms with E-state index in [0.29, 0.717) is 5.92 Å². The summed E-state index contributed by atoms with van der Waals surface area (Å²) in [5.41, 5.74) is 0.798. The van der Waals surface area contributed by atoms with Crippen LogP contribution in [-0.2, 0) is 4.79 Å². The van der Waals surface area contributed by atoms with E-state index in [2.05, 4.69) is 26.8 Å². The monoisotopic (exact) mass is 256 g/mol. The Morgan fingerprint density at radius 3 is 2.33 bits per heavy atom. The van der Waals surface area contributed by atoms with Crippen molar-refractivity contribution >= 4 is 5.97 Å². The van der Waals surface area contributed by atoms with Gasteiger partial charge in [0.05, 0.1) is 0 Å². The first-order chi connectivity index (χ1) is 7.91. The van der Waals surface area contributed by atoms with Crippen LogP contribution in [0.3, 0.4) is 0 Å². The molecule has 0 bridgehead atoms. The number of hydrogen-bond donors (Lipinski definition) is 2. The van der Waals surface area contributed by atoms with Crippen LogP contribution in [0.5, 0.6) is 0 Å². The summed E-state index contributed by atoms with van der Waals surface area (Å²) in [4.78, 5) is 10.4. The third-order valence-electron chi connectivity index (χ3n) is 2.75. The Labute approximate surface area is 112 Å². The van der Waals surface area contributed by atoms with E-state index in [1.54, 1.807) is 0 Å². The molecule has 0 aliphatic carbocycles. The van der Waals surface area contributed by atoms with Crippen LogP contribution in [0, 0.1) is 11.8 Å². The molecule has 0 fully saturated rings. The molecule has 5 N–H and O–H groups in total. The number of carbonyl (C=O) groups is 1. The summed E-state index contributed by atoms with van der Waals surface area (Å²) in [6.45, 7) is 8.57. The lowest BCUT2D eigenvalue weighted by atomic mass is 9.97. The van der Waals surface area contributed by atoms with Crippen molar-refractivity contribution in [1.29, 1.82) is 0 Å². The van der Waals surface area contributed by atoms with Gasteiger partial charge in [0, 0.05) is 6.08 Å². The van der Waals surface area contributed by atoms with Crippen molar-refractivity contribution in [1.82, 2.24) is 6.15 Å². The van der Waals surface area contributed by atoms with Gasteiger partial charge in [0.1, 0.15) is 0 Å². The normalized spacial score (nSPS) is 13.7. The van der Waals surface area contributed by atoms with Gasteiger partial charge in [0.2, 0.25) is 0 Å². The van der Waals surface area contributed by atoms with Crippen molar-refractivity contribution < 1.29 is 9.90 Å². The number of aliphatic carboxylic acids is 1. The highest BCUT2D eigenvalue weighted by Gasteiger charge is 2.01. The summed E-state index contributed by atoms with van der Waals surface area (Å²) in [5, 5.41) is 8.55. The molecule has 0 unspecified atom stereocenters. The molecular weight excluding hydrogens is 226 g/mol. The lowest BCUT2D eigenvalue weighted by molar-refractivity contribution is -0.131. The van der Waals surface area contributed by atoms with Crippen LogP contribution in [0.15, 0.2) is 23.8 Å². The first-order valence-corrected chi connectivity index (χ1v) is 6.49. The van der Waals surface area contributed by atoms with E-state index in [0.717, 1.165) is 17.9 Å². The van der Waals surface area contributed by atoms with Crippen LogP contribution < -0.4 is 6.15 Å². The Morgan fingerprint density at radius 2 is 1.83 bits per heavy atom. The second-order valence-electron chi connectivity index (χ2n) is 5.29. The summed E-state index contributed by atoms with van der Waals surface area (Å²) in [6.07, 6.45) is 10.1. The highest BCUT2D eigenvalue weighted by molar-refractivity contribution is 5.81. The van der Waals surface area contributed by atoms with Crippen LogP contribution in [0.25, 0.3) is 0 Å². The predicted molar refractivity (Wildman–Crippen MR) is 79.0 cm³/mol. The molecule has 0 saturated carbocycles. The number of carboxylic acid groups (broad SMARTS) is 1. The minimum absolute atomic E-state index is 0. The molecule has 0 saturated heterocycles. The highest BCUT2D eigenvalue weighted by Crippen LogP contribution is 2.15. The summed E-state index contributed by atoms with van der Waals surface area (Å²) < 4.78 is 0. The topological polar surface area (TPSA) is 73.8 Å². The maximum Gasteiger partial charge on any atom is 0.328 e. The molecule has 0 aromatic carbocycles. The molecule has 0 rings (SSSR count). The fourth-order valence-corrected chi connectivity index (χ4v) is 1.72. The predicted octanol–water partition coefficient (Wildman–Crippen LogP) is 4.80. The number of hydrogen-bond acceptors (Lipinski definition) is 1. The van der Waals surface area contributed by atoms with E-state index in [-0.39, 0.29) is 6.15 Å². The van der Waals surface area contributed by atoms with Gasteiger partial charge in [-0.1, -0.05) is 52.2 Å². The fourth-order valence-electron chi connectivity index (χ4n) is 1.72. The van der Waals surface area contributed by atoms with Gasteiger partial charge in [-0.3, -0.25) is 0 Å². The second kappa shape index (κ2) is 11.0. The van der Waals surface area contributed by atoms with Crippen LogP contribution in [0.1, 0.15) is 53.4 Å². The van der Waals surface area contributed by atoms with Gasteiger partial charge in [0.15, 0.2) is 0 Å². The second-order valence-corrected chi connectivity index (χ2v) is 5.29. The Hall–Kier alpha value is -1.09. The van der Waals surface area contributed by atoms with E-state index in [1.807, 2.05) is 13.0 Å². The molecule has 0 aliphatic rings. The summed E-state index contributed by atoms with van der Waals surface area (Å²) in [7, 11) is 0. The zero-order chi connectivity index (χ0) is 13.3. The number of quaternary nitrogens is 1. The molecule has 0 radical (unpaired) electrons.